The average Bonchev–Trinajstić information content (AvgIpc) is 2.15. The van der Waals surface area contributed by atoms with E-state index in [9.17, 15) is 9.59 Å². The molecule has 0 aromatic rings. The van der Waals surface area contributed by atoms with E-state index in [1.807, 2.05) is 0 Å². The number of esters is 2. The summed E-state index contributed by atoms with van der Waals surface area (Å²) in [5.74, 6) is -1.11. The third-order valence-corrected chi connectivity index (χ3v) is 1.63. The van der Waals surface area contributed by atoms with Crippen LogP contribution in [0, 0.1) is 0 Å². The molecule has 0 aliphatic carbocycles. The van der Waals surface area contributed by atoms with Crippen LogP contribution in [0.5, 0.6) is 0 Å². The van der Waals surface area contributed by atoms with Gasteiger partial charge in [0.2, 0.25) is 0 Å². The van der Waals surface area contributed by atoms with Crippen LogP contribution in [0.4, 0.5) is 0 Å². The summed E-state index contributed by atoms with van der Waals surface area (Å²) in [6, 6.07) is -0.226. The fourth-order valence-electron chi connectivity index (χ4n) is 0.729. The maximum Gasteiger partial charge on any atom is 0.307 e. The van der Waals surface area contributed by atoms with Gasteiger partial charge >= 0.3 is 11.9 Å². The van der Waals surface area contributed by atoms with Gasteiger partial charge < -0.3 is 14.6 Å². The quantitative estimate of drug-likeness (QED) is 0.548. The lowest BCUT2D eigenvalue weighted by Crippen LogP contribution is -2.32. The molecule has 0 rings (SSSR count). The number of carbonyl (C=O) groups excluding carboxylic acids is 2. The van der Waals surface area contributed by atoms with Crippen molar-refractivity contribution in [1.29, 1.82) is 0 Å². The maximum atomic E-state index is 11.2. The summed E-state index contributed by atoms with van der Waals surface area (Å²) in [5.41, 5.74) is -0.923. The van der Waals surface area contributed by atoms with Crippen molar-refractivity contribution < 1.29 is 24.2 Å². The van der Waals surface area contributed by atoms with Crippen LogP contribution < -0.4 is 0 Å². The van der Waals surface area contributed by atoms with Gasteiger partial charge in [-0.3, -0.25) is 9.59 Å². The van der Waals surface area contributed by atoms with Crippen LogP contribution in [0.1, 0.15) is 26.7 Å². The Morgan fingerprint density at radius 1 is 1.27 bits per heavy atom. The monoisotopic (exact) mass is 238 g/mol. The van der Waals surface area contributed by atoms with Crippen LogP contribution in [0.25, 0.3) is 0 Å². The third kappa shape index (κ3) is 7.16. The van der Waals surface area contributed by atoms with E-state index in [2.05, 4.69) is 4.74 Å². The first-order chi connectivity index (χ1) is 6.91. The lowest BCUT2D eigenvalue weighted by atomic mass is 10.1. The molecule has 88 valence electrons. The van der Waals surface area contributed by atoms with Gasteiger partial charge in [-0.15, -0.1) is 0 Å². The van der Waals surface area contributed by atoms with Crippen LogP contribution >= 0.6 is 11.6 Å². The highest BCUT2D eigenvalue weighted by Crippen LogP contribution is 2.09. The van der Waals surface area contributed by atoms with Crippen molar-refractivity contribution in [2.45, 2.75) is 32.3 Å². The Balaban J connectivity index is 3.80. The fourth-order valence-corrected chi connectivity index (χ4v) is 0.850. The number of hydrogen-bond donors (Lipinski definition) is 1. The van der Waals surface area contributed by atoms with E-state index in [0.29, 0.717) is 0 Å². The molecule has 0 amide bonds. The Kier molecular flexibility index (Phi) is 6.27. The van der Waals surface area contributed by atoms with Gasteiger partial charge in [-0.2, -0.15) is 0 Å². The molecule has 0 aliphatic heterocycles. The zero-order valence-corrected chi connectivity index (χ0v) is 9.54. The van der Waals surface area contributed by atoms with Gasteiger partial charge in [0.1, 0.15) is 5.60 Å². The number of aliphatic hydroxyl groups is 1. The highest BCUT2D eigenvalue weighted by Gasteiger charge is 2.21. The van der Waals surface area contributed by atoms with E-state index in [1.54, 1.807) is 13.8 Å². The first-order valence-electron chi connectivity index (χ1n) is 4.45. The number of carbonyl (C=O) groups is 2. The second kappa shape index (κ2) is 6.63. The van der Waals surface area contributed by atoms with Crippen molar-refractivity contribution in [1.82, 2.24) is 0 Å². The van der Waals surface area contributed by atoms with Gasteiger partial charge in [0.15, 0.2) is 6.07 Å². The molecule has 6 heteroatoms. The summed E-state index contributed by atoms with van der Waals surface area (Å²) in [4.78, 5) is 22.0. The molecule has 15 heavy (non-hydrogen) atoms. The van der Waals surface area contributed by atoms with Gasteiger partial charge in [-0.1, -0.05) is 11.6 Å². The number of alkyl halides is 1. The molecule has 0 spiro atoms. The van der Waals surface area contributed by atoms with E-state index in [0.717, 1.165) is 0 Å². The molecular weight excluding hydrogens is 224 g/mol. The molecule has 0 heterocycles. The predicted octanol–water partition coefficient (Wildman–Crippen LogP) is 0.820. The lowest BCUT2D eigenvalue weighted by molar-refractivity contribution is -0.162. The van der Waals surface area contributed by atoms with E-state index in [1.165, 1.54) is 0 Å². The van der Waals surface area contributed by atoms with Gasteiger partial charge in [-0.25, -0.2) is 0 Å². The predicted molar refractivity (Wildman–Crippen MR) is 53.3 cm³/mol. The SMILES string of the molecule is CC(C)(CO)OC(=O)CCC(=O)OCCl. The van der Waals surface area contributed by atoms with Crippen LogP contribution in [0.2, 0.25) is 0 Å². The van der Waals surface area contributed by atoms with Crippen LogP contribution in [-0.4, -0.2) is 35.3 Å². The zero-order valence-electron chi connectivity index (χ0n) is 8.79. The molecule has 0 unspecified atom stereocenters. The van der Waals surface area contributed by atoms with Gasteiger partial charge in [-0.05, 0) is 13.8 Å². The molecule has 0 bridgehead atoms. The van der Waals surface area contributed by atoms with Crippen LogP contribution in [-0.2, 0) is 19.1 Å². The normalized spacial score (nSPS) is 10.9. The minimum atomic E-state index is -0.923. The molecule has 0 atom stereocenters. The van der Waals surface area contributed by atoms with E-state index >= 15 is 0 Å². The van der Waals surface area contributed by atoms with Crippen LogP contribution in [0.3, 0.4) is 0 Å². The smallest absolute Gasteiger partial charge is 0.307 e. The first kappa shape index (κ1) is 14.2. The second-order valence-electron chi connectivity index (χ2n) is 3.52. The molecule has 1 N–H and O–H groups in total. The zero-order chi connectivity index (χ0) is 11.9. The van der Waals surface area contributed by atoms with E-state index < -0.39 is 17.5 Å². The minimum absolute atomic E-state index is 0.0763. The average molecular weight is 239 g/mol. The van der Waals surface area contributed by atoms with Gasteiger partial charge in [0.05, 0.1) is 19.4 Å². The van der Waals surface area contributed by atoms with Gasteiger partial charge in [0, 0.05) is 0 Å². The molecule has 0 saturated carbocycles. The molecule has 0 aromatic carbocycles. The summed E-state index contributed by atoms with van der Waals surface area (Å²) in [5, 5.41) is 8.82. The standard InChI is InChI=1S/C9H15ClO5/c1-9(2,5-11)15-8(13)4-3-7(12)14-6-10/h11H,3-6H2,1-2H3. The minimum Gasteiger partial charge on any atom is -0.457 e. The Morgan fingerprint density at radius 2 is 1.80 bits per heavy atom. The Labute approximate surface area is 93.3 Å². The number of aliphatic hydroxyl groups excluding tert-OH is 1. The van der Waals surface area contributed by atoms with Crippen molar-refractivity contribution in [3.63, 3.8) is 0 Å². The van der Waals surface area contributed by atoms with Crippen LogP contribution in [0.15, 0.2) is 0 Å². The van der Waals surface area contributed by atoms with Crippen molar-refractivity contribution in [2.24, 2.45) is 0 Å². The highest BCUT2D eigenvalue weighted by atomic mass is 35.5. The summed E-state index contributed by atoms with van der Waals surface area (Å²) in [7, 11) is 0. The van der Waals surface area contributed by atoms with Gasteiger partial charge in [0.25, 0.3) is 0 Å². The summed E-state index contributed by atoms with van der Waals surface area (Å²) >= 11 is 5.15. The number of rotatable bonds is 6. The number of halogens is 1. The largest absolute Gasteiger partial charge is 0.457 e. The summed E-state index contributed by atoms with van der Waals surface area (Å²) in [6.07, 6.45) is -0.161. The molecule has 0 aromatic heterocycles. The molecule has 0 aliphatic rings. The summed E-state index contributed by atoms with van der Waals surface area (Å²) < 4.78 is 9.30. The fraction of sp³-hybridized carbons (Fsp3) is 0.778. The summed E-state index contributed by atoms with van der Waals surface area (Å²) in [6.45, 7) is 2.87. The molecular formula is C9H15ClO5. The second-order valence-corrected chi connectivity index (χ2v) is 3.74. The van der Waals surface area contributed by atoms with E-state index in [-0.39, 0.29) is 25.5 Å². The highest BCUT2D eigenvalue weighted by molar-refractivity contribution is 6.17. The topological polar surface area (TPSA) is 72.8 Å². The molecule has 0 saturated heterocycles. The first-order valence-corrected chi connectivity index (χ1v) is 4.99. The Bertz CT molecular complexity index is 227. The third-order valence-electron chi connectivity index (χ3n) is 1.52. The number of hydrogen-bond acceptors (Lipinski definition) is 5. The molecule has 0 radical (unpaired) electrons. The van der Waals surface area contributed by atoms with Crippen molar-refractivity contribution in [2.75, 3.05) is 12.7 Å². The Morgan fingerprint density at radius 3 is 2.27 bits per heavy atom. The van der Waals surface area contributed by atoms with Crippen molar-refractivity contribution in [3.05, 3.63) is 0 Å². The molecule has 0 fully saturated rings. The maximum absolute atomic E-state index is 11.2. The van der Waals surface area contributed by atoms with Crippen molar-refractivity contribution in [3.8, 4) is 0 Å². The van der Waals surface area contributed by atoms with E-state index in [4.69, 9.17) is 21.4 Å². The number of ether oxygens (including phenoxy) is 2. The Hall–Kier alpha value is -0.810. The lowest BCUT2D eigenvalue weighted by Gasteiger charge is -2.22. The molecule has 5 nitrogen and oxygen atoms in total. The van der Waals surface area contributed by atoms with Crippen molar-refractivity contribution >= 4 is 23.5 Å².